The van der Waals surface area contributed by atoms with Crippen molar-refractivity contribution >= 4 is 23.3 Å². The molecule has 0 unspecified atom stereocenters. The number of thiazole rings is 1. The number of hydrogen-bond acceptors (Lipinski definition) is 6. The monoisotopic (exact) mass is 369 g/mol. The van der Waals surface area contributed by atoms with Crippen molar-refractivity contribution in [3.63, 3.8) is 0 Å². The lowest BCUT2D eigenvalue weighted by atomic mass is 9.92. The van der Waals surface area contributed by atoms with E-state index in [-0.39, 0.29) is 11.9 Å². The van der Waals surface area contributed by atoms with Crippen molar-refractivity contribution < 1.29 is 19.4 Å². The molecule has 0 spiro atoms. The van der Waals surface area contributed by atoms with Gasteiger partial charge < -0.3 is 20.5 Å². The summed E-state index contributed by atoms with van der Waals surface area (Å²) in [7, 11) is 0. The molecular formula is C17H27N3O4S. The number of hydrogen-bond donors (Lipinski definition) is 3. The van der Waals surface area contributed by atoms with E-state index in [0.29, 0.717) is 18.7 Å². The molecule has 1 aliphatic rings. The van der Waals surface area contributed by atoms with Gasteiger partial charge in [0.15, 0.2) is 0 Å². The van der Waals surface area contributed by atoms with Gasteiger partial charge in [0.05, 0.1) is 17.2 Å². The number of carbonyl (C=O) groups excluding carboxylic acids is 2. The molecule has 1 saturated carbocycles. The molecular weight excluding hydrogens is 342 g/mol. The molecule has 0 radical (unpaired) electrons. The Bertz CT molecular complexity index is 597. The molecule has 1 aliphatic carbocycles. The average molecular weight is 369 g/mol. The normalized spacial score (nSPS) is 20.8. The van der Waals surface area contributed by atoms with E-state index in [1.165, 1.54) is 11.3 Å². The number of alkyl carbamates (subject to hydrolysis) is 1. The van der Waals surface area contributed by atoms with Crippen LogP contribution in [0.15, 0.2) is 5.38 Å². The van der Waals surface area contributed by atoms with Crippen LogP contribution < -0.4 is 10.6 Å². The third kappa shape index (κ3) is 6.62. The van der Waals surface area contributed by atoms with Gasteiger partial charge in [-0.05, 0) is 33.6 Å². The molecule has 1 heterocycles. The molecule has 0 aromatic carbocycles. The Kier molecular flexibility index (Phi) is 6.78. The van der Waals surface area contributed by atoms with Crippen LogP contribution in [0.1, 0.15) is 62.0 Å². The first-order valence-electron chi connectivity index (χ1n) is 8.65. The molecule has 140 valence electrons. The Hall–Kier alpha value is -1.67. The van der Waals surface area contributed by atoms with Gasteiger partial charge in [0, 0.05) is 18.3 Å². The molecule has 1 fully saturated rings. The maximum absolute atomic E-state index is 12.2. The lowest BCUT2D eigenvalue weighted by Crippen LogP contribution is -2.45. The Balaban J connectivity index is 1.77. The molecule has 2 amide bonds. The molecule has 1 aromatic rings. The van der Waals surface area contributed by atoms with Crippen LogP contribution in [0.4, 0.5) is 4.79 Å². The summed E-state index contributed by atoms with van der Waals surface area (Å²) in [6, 6.07) is -0.194. The van der Waals surface area contributed by atoms with E-state index in [2.05, 4.69) is 15.6 Å². The zero-order chi connectivity index (χ0) is 18.4. The smallest absolute Gasteiger partial charge is 0.407 e. The molecule has 25 heavy (non-hydrogen) atoms. The summed E-state index contributed by atoms with van der Waals surface area (Å²) in [5.41, 5.74) is -0.171. The van der Waals surface area contributed by atoms with Crippen molar-refractivity contribution in [3.05, 3.63) is 16.1 Å². The van der Waals surface area contributed by atoms with Gasteiger partial charge in [-0.25, -0.2) is 9.78 Å². The van der Waals surface area contributed by atoms with Crippen LogP contribution in [-0.2, 0) is 11.2 Å². The molecule has 2 rings (SSSR count). The summed E-state index contributed by atoms with van der Waals surface area (Å²) in [5.74, 6) is -0.256. The van der Waals surface area contributed by atoms with Crippen LogP contribution in [0.3, 0.4) is 0 Å². The highest BCUT2D eigenvalue weighted by atomic mass is 32.1. The van der Waals surface area contributed by atoms with Crippen LogP contribution in [-0.4, -0.2) is 46.4 Å². The van der Waals surface area contributed by atoms with Gasteiger partial charge >= 0.3 is 6.09 Å². The second-order valence-corrected chi connectivity index (χ2v) is 8.18. The van der Waals surface area contributed by atoms with Gasteiger partial charge in [-0.15, -0.1) is 11.3 Å². The van der Waals surface area contributed by atoms with Crippen molar-refractivity contribution in [1.29, 1.82) is 0 Å². The first-order valence-corrected chi connectivity index (χ1v) is 9.53. The highest BCUT2D eigenvalue weighted by molar-refractivity contribution is 7.09. The third-order valence-electron chi connectivity index (χ3n) is 3.84. The fourth-order valence-corrected chi connectivity index (χ4v) is 3.42. The predicted molar refractivity (Wildman–Crippen MR) is 95.8 cm³/mol. The van der Waals surface area contributed by atoms with Gasteiger partial charge in [-0.3, -0.25) is 4.79 Å². The minimum Gasteiger partial charge on any atom is -0.444 e. The topological polar surface area (TPSA) is 101 Å². The molecule has 2 atom stereocenters. The Morgan fingerprint density at radius 2 is 2.08 bits per heavy atom. The number of nitrogens with zero attached hydrogens (tertiary/aromatic N) is 1. The SMILES string of the molecule is CC(C)(C)OC(=O)NCCc1nc(C(=O)N[C@@H]2CCCC[C@@H]2O)cs1. The second-order valence-electron chi connectivity index (χ2n) is 7.24. The number of nitrogens with one attached hydrogen (secondary N) is 2. The number of amides is 2. The maximum atomic E-state index is 12.2. The molecule has 7 nitrogen and oxygen atoms in total. The van der Waals surface area contributed by atoms with E-state index in [0.717, 1.165) is 30.7 Å². The first kappa shape index (κ1) is 19.7. The van der Waals surface area contributed by atoms with Crippen molar-refractivity contribution in [2.45, 2.75) is 70.6 Å². The minimum absolute atomic E-state index is 0.194. The number of ether oxygens (including phenoxy) is 1. The number of carbonyl (C=O) groups is 2. The second kappa shape index (κ2) is 8.62. The third-order valence-corrected chi connectivity index (χ3v) is 4.75. The van der Waals surface area contributed by atoms with Crippen LogP contribution in [0, 0.1) is 0 Å². The Labute approximate surface area is 152 Å². The molecule has 3 N–H and O–H groups in total. The van der Waals surface area contributed by atoms with Gasteiger partial charge in [0.2, 0.25) is 0 Å². The van der Waals surface area contributed by atoms with Crippen LogP contribution >= 0.6 is 11.3 Å². The maximum Gasteiger partial charge on any atom is 0.407 e. The summed E-state index contributed by atoms with van der Waals surface area (Å²) in [6.07, 6.45) is 3.12. The lowest BCUT2D eigenvalue weighted by Gasteiger charge is -2.27. The Morgan fingerprint density at radius 3 is 2.76 bits per heavy atom. The molecule has 0 aliphatic heterocycles. The van der Waals surface area contributed by atoms with Crippen LogP contribution in [0.25, 0.3) is 0 Å². The highest BCUT2D eigenvalue weighted by Gasteiger charge is 2.25. The van der Waals surface area contributed by atoms with Crippen molar-refractivity contribution in [2.24, 2.45) is 0 Å². The lowest BCUT2D eigenvalue weighted by molar-refractivity contribution is 0.0528. The molecule has 8 heteroatoms. The van der Waals surface area contributed by atoms with Gasteiger partial charge in [-0.2, -0.15) is 0 Å². The van der Waals surface area contributed by atoms with E-state index in [9.17, 15) is 14.7 Å². The summed E-state index contributed by atoms with van der Waals surface area (Å²) >= 11 is 1.38. The van der Waals surface area contributed by atoms with Crippen molar-refractivity contribution in [3.8, 4) is 0 Å². The average Bonchev–Trinajstić information content (AvgIpc) is 2.96. The molecule has 1 aromatic heterocycles. The highest BCUT2D eigenvalue weighted by Crippen LogP contribution is 2.19. The summed E-state index contributed by atoms with van der Waals surface area (Å²) in [4.78, 5) is 28.1. The van der Waals surface area contributed by atoms with E-state index in [1.54, 1.807) is 5.38 Å². The van der Waals surface area contributed by atoms with Gasteiger partial charge in [0.25, 0.3) is 5.91 Å². The first-order chi connectivity index (χ1) is 11.7. The summed E-state index contributed by atoms with van der Waals surface area (Å²) < 4.78 is 5.16. The number of aliphatic hydroxyl groups is 1. The summed E-state index contributed by atoms with van der Waals surface area (Å²) in [6.45, 7) is 5.81. The zero-order valence-corrected chi connectivity index (χ0v) is 15.8. The van der Waals surface area contributed by atoms with Crippen LogP contribution in [0.5, 0.6) is 0 Å². The standard InChI is InChI=1S/C17H27N3O4S/c1-17(2,3)24-16(23)18-9-8-14-19-12(10-25-14)15(22)20-11-6-4-5-7-13(11)21/h10-11,13,21H,4-9H2,1-3H3,(H,18,23)(H,20,22)/t11-,13+/m1/s1. The van der Waals surface area contributed by atoms with Crippen molar-refractivity contribution in [2.75, 3.05) is 6.54 Å². The predicted octanol–water partition coefficient (Wildman–Crippen LogP) is 2.24. The molecule has 0 bridgehead atoms. The number of rotatable bonds is 5. The zero-order valence-electron chi connectivity index (χ0n) is 15.0. The quantitative estimate of drug-likeness (QED) is 0.739. The van der Waals surface area contributed by atoms with Gasteiger partial charge in [-0.1, -0.05) is 12.8 Å². The largest absolute Gasteiger partial charge is 0.444 e. The van der Waals surface area contributed by atoms with Crippen LogP contribution in [0.2, 0.25) is 0 Å². The fourth-order valence-electron chi connectivity index (χ4n) is 2.64. The van der Waals surface area contributed by atoms with E-state index in [4.69, 9.17) is 4.74 Å². The van der Waals surface area contributed by atoms with E-state index >= 15 is 0 Å². The fraction of sp³-hybridized carbons (Fsp3) is 0.706. The number of aliphatic hydroxyl groups excluding tert-OH is 1. The van der Waals surface area contributed by atoms with E-state index < -0.39 is 17.8 Å². The van der Waals surface area contributed by atoms with E-state index in [1.807, 2.05) is 20.8 Å². The molecule has 0 saturated heterocycles. The van der Waals surface area contributed by atoms with Gasteiger partial charge in [0.1, 0.15) is 11.3 Å². The van der Waals surface area contributed by atoms with Crippen molar-refractivity contribution in [1.82, 2.24) is 15.6 Å². The minimum atomic E-state index is -0.528. The summed E-state index contributed by atoms with van der Waals surface area (Å²) in [5, 5.41) is 17.9. The Morgan fingerprint density at radius 1 is 1.36 bits per heavy atom. The number of aromatic nitrogens is 1.